The van der Waals surface area contributed by atoms with E-state index in [4.69, 9.17) is 0 Å². The summed E-state index contributed by atoms with van der Waals surface area (Å²) in [5.41, 5.74) is 2.00. The van der Waals surface area contributed by atoms with Crippen LogP contribution in [-0.2, 0) is 5.75 Å². The molecule has 1 nitrogen and oxygen atoms in total. The predicted molar refractivity (Wildman–Crippen MR) is 68.2 cm³/mol. The van der Waals surface area contributed by atoms with Crippen molar-refractivity contribution in [2.45, 2.75) is 37.3 Å². The maximum absolute atomic E-state index is 13.7. The Morgan fingerprint density at radius 3 is 2.94 bits per heavy atom. The highest BCUT2D eigenvalue weighted by Crippen LogP contribution is 2.45. The zero-order chi connectivity index (χ0) is 11.8. The van der Waals surface area contributed by atoms with E-state index < -0.39 is 0 Å². The monoisotopic (exact) mass is 239 g/mol. The van der Waals surface area contributed by atoms with Crippen LogP contribution < -0.4 is 5.32 Å². The predicted octanol–water partition coefficient (Wildman–Crippen LogP) is 3.50. The molecule has 0 amide bonds. The van der Waals surface area contributed by atoms with Crippen molar-refractivity contribution in [1.29, 1.82) is 0 Å². The first-order chi connectivity index (χ1) is 7.56. The van der Waals surface area contributed by atoms with Gasteiger partial charge in [0.05, 0.1) is 0 Å². The highest BCUT2D eigenvalue weighted by atomic mass is 32.2. The van der Waals surface area contributed by atoms with Crippen molar-refractivity contribution < 1.29 is 4.39 Å². The average Bonchev–Trinajstić information content (AvgIpc) is 2.23. The molecule has 88 valence electrons. The standard InChI is InChI=1S/C13H18FNS/c1-4-15-12-9-6-5-7-11(14)10(9)8-16-13(12,2)3/h5-7,12,15H,4,8H2,1-3H3. The third-order valence-corrected chi connectivity index (χ3v) is 4.57. The smallest absolute Gasteiger partial charge is 0.127 e. The molecule has 0 radical (unpaired) electrons. The summed E-state index contributed by atoms with van der Waals surface area (Å²) in [5.74, 6) is 0.708. The fourth-order valence-corrected chi connectivity index (χ4v) is 3.47. The third-order valence-electron chi connectivity index (χ3n) is 3.16. The summed E-state index contributed by atoms with van der Waals surface area (Å²) < 4.78 is 13.8. The van der Waals surface area contributed by atoms with E-state index in [1.165, 1.54) is 0 Å². The lowest BCUT2D eigenvalue weighted by Gasteiger charge is -2.40. The summed E-state index contributed by atoms with van der Waals surface area (Å²) in [6, 6.07) is 5.65. The van der Waals surface area contributed by atoms with E-state index in [9.17, 15) is 4.39 Å². The van der Waals surface area contributed by atoms with E-state index in [0.29, 0.717) is 0 Å². The molecule has 16 heavy (non-hydrogen) atoms. The molecule has 1 aliphatic heterocycles. The Balaban J connectivity index is 2.46. The van der Waals surface area contributed by atoms with Gasteiger partial charge in [-0.15, -0.1) is 11.8 Å². The van der Waals surface area contributed by atoms with Gasteiger partial charge in [0.15, 0.2) is 0 Å². The summed E-state index contributed by atoms with van der Waals surface area (Å²) in [4.78, 5) is 0. The fraction of sp³-hybridized carbons (Fsp3) is 0.538. The molecule has 0 saturated carbocycles. The van der Waals surface area contributed by atoms with Crippen LogP contribution >= 0.6 is 11.8 Å². The molecule has 0 saturated heterocycles. The number of benzene rings is 1. The minimum Gasteiger partial charge on any atom is -0.309 e. The minimum absolute atomic E-state index is 0.0663. The van der Waals surface area contributed by atoms with Crippen LogP contribution in [0.15, 0.2) is 18.2 Å². The number of hydrogen-bond donors (Lipinski definition) is 1. The maximum Gasteiger partial charge on any atom is 0.127 e. The van der Waals surface area contributed by atoms with Crippen LogP contribution in [-0.4, -0.2) is 11.3 Å². The highest BCUT2D eigenvalue weighted by Gasteiger charge is 2.36. The van der Waals surface area contributed by atoms with Gasteiger partial charge in [-0.05, 0) is 32.0 Å². The Kier molecular flexibility index (Phi) is 3.27. The summed E-state index contributed by atoms with van der Waals surface area (Å²) >= 11 is 1.82. The Morgan fingerprint density at radius 2 is 2.25 bits per heavy atom. The molecule has 0 fully saturated rings. The molecule has 1 aliphatic rings. The van der Waals surface area contributed by atoms with Gasteiger partial charge < -0.3 is 5.32 Å². The molecular formula is C13H18FNS. The largest absolute Gasteiger partial charge is 0.309 e. The van der Waals surface area contributed by atoms with Crippen LogP contribution in [0.3, 0.4) is 0 Å². The molecule has 1 unspecified atom stereocenters. The van der Waals surface area contributed by atoms with Crippen molar-refractivity contribution in [2.24, 2.45) is 0 Å². The molecule has 1 heterocycles. The molecule has 2 rings (SSSR count). The van der Waals surface area contributed by atoms with Crippen LogP contribution in [0.4, 0.5) is 4.39 Å². The highest BCUT2D eigenvalue weighted by molar-refractivity contribution is 8.00. The van der Waals surface area contributed by atoms with Gasteiger partial charge in [0.1, 0.15) is 5.82 Å². The molecule has 1 atom stereocenters. The molecule has 1 N–H and O–H groups in total. The number of hydrogen-bond acceptors (Lipinski definition) is 2. The lowest BCUT2D eigenvalue weighted by Crippen LogP contribution is -2.40. The van der Waals surface area contributed by atoms with Gasteiger partial charge in [0.2, 0.25) is 0 Å². The molecular weight excluding hydrogens is 221 g/mol. The quantitative estimate of drug-likeness (QED) is 0.847. The van der Waals surface area contributed by atoms with Crippen molar-refractivity contribution in [3.8, 4) is 0 Å². The second-order valence-electron chi connectivity index (χ2n) is 4.69. The SMILES string of the molecule is CCNC1c2cccc(F)c2CSC1(C)C. The van der Waals surface area contributed by atoms with Crippen molar-refractivity contribution in [1.82, 2.24) is 5.32 Å². The van der Waals surface area contributed by atoms with Crippen LogP contribution in [0.25, 0.3) is 0 Å². The van der Waals surface area contributed by atoms with E-state index in [-0.39, 0.29) is 16.6 Å². The molecule has 3 heteroatoms. The van der Waals surface area contributed by atoms with Gasteiger partial charge >= 0.3 is 0 Å². The Bertz CT molecular complexity index is 390. The van der Waals surface area contributed by atoms with Crippen LogP contribution in [0.2, 0.25) is 0 Å². The van der Waals surface area contributed by atoms with E-state index in [0.717, 1.165) is 23.4 Å². The molecule has 0 bridgehead atoms. The Hall–Kier alpha value is -0.540. The van der Waals surface area contributed by atoms with E-state index in [1.54, 1.807) is 6.07 Å². The molecule has 0 spiro atoms. The average molecular weight is 239 g/mol. The minimum atomic E-state index is -0.0663. The summed E-state index contributed by atoms with van der Waals surface area (Å²) in [5, 5.41) is 3.47. The number of halogens is 1. The van der Waals surface area contributed by atoms with Crippen LogP contribution in [0, 0.1) is 5.82 Å². The number of rotatable bonds is 2. The Labute approximate surface area is 101 Å². The first-order valence-corrected chi connectivity index (χ1v) is 6.69. The number of fused-ring (bicyclic) bond motifs is 1. The van der Waals surface area contributed by atoms with Gasteiger partial charge in [-0.25, -0.2) is 4.39 Å². The summed E-state index contributed by atoms with van der Waals surface area (Å²) in [7, 11) is 0. The van der Waals surface area contributed by atoms with Crippen molar-refractivity contribution >= 4 is 11.8 Å². The Morgan fingerprint density at radius 1 is 1.50 bits per heavy atom. The van der Waals surface area contributed by atoms with E-state index in [1.807, 2.05) is 23.9 Å². The molecule has 1 aromatic carbocycles. The van der Waals surface area contributed by atoms with Gasteiger partial charge in [0.25, 0.3) is 0 Å². The number of thioether (sulfide) groups is 1. The lowest BCUT2D eigenvalue weighted by atomic mass is 9.91. The topological polar surface area (TPSA) is 12.0 Å². The second-order valence-corrected chi connectivity index (χ2v) is 6.32. The first kappa shape index (κ1) is 11.9. The molecule has 0 aliphatic carbocycles. The van der Waals surface area contributed by atoms with Crippen LogP contribution in [0.1, 0.15) is 37.9 Å². The van der Waals surface area contributed by atoms with Gasteiger partial charge in [-0.3, -0.25) is 0 Å². The number of nitrogens with one attached hydrogen (secondary N) is 1. The first-order valence-electron chi connectivity index (χ1n) is 5.71. The van der Waals surface area contributed by atoms with Crippen molar-refractivity contribution in [3.63, 3.8) is 0 Å². The van der Waals surface area contributed by atoms with Crippen molar-refractivity contribution in [2.75, 3.05) is 6.54 Å². The van der Waals surface area contributed by atoms with Gasteiger partial charge in [0, 0.05) is 22.1 Å². The van der Waals surface area contributed by atoms with Crippen molar-refractivity contribution in [3.05, 3.63) is 35.1 Å². The molecule has 0 aromatic heterocycles. The normalized spacial score (nSPS) is 22.9. The molecule has 1 aromatic rings. The van der Waals surface area contributed by atoms with Gasteiger partial charge in [-0.2, -0.15) is 0 Å². The zero-order valence-corrected chi connectivity index (χ0v) is 10.8. The third kappa shape index (κ3) is 1.98. The van der Waals surface area contributed by atoms with Crippen LogP contribution in [0.5, 0.6) is 0 Å². The fourth-order valence-electron chi connectivity index (χ4n) is 2.27. The lowest BCUT2D eigenvalue weighted by molar-refractivity contribution is 0.445. The van der Waals surface area contributed by atoms with E-state index in [2.05, 4.69) is 26.1 Å². The summed E-state index contributed by atoms with van der Waals surface area (Å²) in [6.07, 6.45) is 0. The second kappa shape index (κ2) is 4.38. The van der Waals surface area contributed by atoms with Gasteiger partial charge in [-0.1, -0.05) is 19.1 Å². The maximum atomic E-state index is 13.7. The zero-order valence-electron chi connectivity index (χ0n) is 10.0. The van der Waals surface area contributed by atoms with E-state index >= 15 is 0 Å². The summed E-state index contributed by atoms with van der Waals surface area (Å²) in [6.45, 7) is 7.44.